The minimum absolute atomic E-state index is 0.219. The Hall–Kier alpha value is -1.96. The molecule has 0 aliphatic rings. The minimum atomic E-state index is -4.15. The van der Waals surface area contributed by atoms with Gasteiger partial charge >= 0.3 is 12.3 Å². The summed E-state index contributed by atoms with van der Waals surface area (Å²) in [5.74, 6) is -3.48. The molecule has 1 heterocycles. The van der Waals surface area contributed by atoms with Crippen LogP contribution >= 0.6 is 0 Å². The van der Waals surface area contributed by atoms with Crippen molar-refractivity contribution in [3.8, 4) is 11.5 Å². The molecule has 0 atom stereocenters. The molecule has 0 saturated heterocycles. The number of aryl methyl sites for hydroxylation is 1. The summed E-state index contributed by atoms with van der Waals surface area (Å²) in [6.45, 7) is 0.0771. The molecule has 0 aliphatic heterocycles. The van der Waals surface area contributed by atoms with Gasteiger partial charge in [-0.1, -0.05) is 12.1 Å². The first-order valence-corrected chi connectivity index (χ1v) is 6.01. The predicted octanol–water partition coefficient (Wildman–Crippen LogP) is 3.46. The van der Waals surface area contributed by atoms with Crippen molar-refractivity contribution in [1.29, 1.82) is 0 Å². The van der Waals surface area contributed by atoms with Crippen LogP contribution in [0.5, 0.6) is 0 Å². The van der Waals surface area contributed by atoms with Crippen molar-refractivity contribution in [3.05, 3.63) is 35.7 Å². The molecular weight excluding hydrogens is 292 g/mol. The smallest absolute Gasteiger partial charge is 0.330 e. The van der Waals surface area contributed by atoms with Crippen LogP contribution in [0.2, 0.25) is 0 Å². The standard InChI is InChI=1S/C13H12F4N2O2/c1-8-18-19-11(21-8)10-4-2-3-9(5-10)6-20-7-13(16,17)12(14)15/h2-5,12H,6-7H2,1H3. The van der Waals surface area contributed by atoms with E-state index in [2.05, 4.69) is 14.9 Å². The zero-order valence-electron chi connectivity index (χ0n) is 11.0. The fourth-order valence-corrected chi connectivity index (χ4v) is 1.58. The molecule has 0 saturated carbocycles. The third kappa shape index (κ3) is 4.01. The molecule has 4 nitrogen and oxygen atoms in total. The van der Waals surface area contributed by atoms with Gasteiger partial charge in [0.25, 0.3) is 0 Å². The molecule has 2 rings (SSSR count). The summed E-state index contributed by atoms with van der Waals surface area (Å²) in [6, 6.07) is 6.57. The largest absolute Gasteiger partial charge is 0.421 e. The highest BCUT2D eigenvalue weighted by Crippen LogP contribution is 2.24. The first-order valence-electron chi connectivity index (χ1n) is 6.01. The molecule has 0 fully saturated rings. The lowest BCUT2D eigenvalue weighted by Gasteiger charge is -2.15. The number of halogens is 4. The van der Waals surface area contributed by atoms with Gasteiger partial charge < -0.3 is 9.15 Å². The second-order valence-electron chi connectivity index (χ2n) is 4.38. The molecule has 0 unspecified atom stereocenters. The molecule has 0 bridgehead atoms. The van der Waals surface area contributed by atoms with Gasteiger partial charge in [-0.3, -0.25) is 0 Å². The van der Waals surface area contributed by atoms with Gasteiger partial charge in [-0.25, -0.2) is 8.78 Å². The molecule has 114 valence electrons. The SMILES string of the molecule is Cc1nnc(-c2cccc(COCC(F)(F)C(F)F)c2)o1. The highest BCUT2D eigenvalue weighted by molar-refractivity contribution is 5.53. The van der Waals surface area contributed by atoms with E-state index in [1.54, 1.807) is 31.2 Å². The van der Waals surface area contributed by atoms with Gasteiger partial charge in [-0.2, -0.15) is 8.78 Å². The fraction of sp³-hybridized carbons (Fsp3) is 0.385. The van der Waals surface area contributed by atoms with Crippen molar-refractivity contribution in [2.75, 3.05) is 6.61 Å². The van der Waals surface area contributed by atoms with Gasteiger partial charge in [-0.15, -0.1) is 10.2 Å². The van der Waals surface area contributed by atoms with E-state index in [0.29, 0.717) is 17.0 Å². The van der Waals surface area contributed by atoms with E-state index in [-0.39, 0.29) is 12.5 Å². The first kappa shape index (κ1) is 15.4. The quantitative estimate of drug-likeness (QED) is 0.767. The van der Waals surface area contributed by atoms with E-state index in [1.165, 1.54) is 0 Å². The van der Waals surface area contributed by atoms with E-state index in [1.807, 2.05) is 0 Å². The summed E-state index contributed by atoms with van der Waals surface area (Å²) >= 11 is 0. The Balaban J connectivity index is 1.99. The maximum atomic E-state index is 12.7. The van der Waals surface area contributed by atoms with E-state index in [9.17, 15) is 17.6 Å². The summed E-state index contributed by atoms with van der Waals surface area (Å²) in [4.78, 5) is 0. The Bertz CT molecular complexity index is 601. The number of alkyl halides is 4. The Morgan fingerprint density at radius 2 is 2.05 bits per heavy atom. The predicted molar refractivity (Wildman–Crippen MR) is 65.1 cm³/mol. The van der Waals surface area contributed by atoms with E-state index in [4.69, 9.17) is 4.42 Å². The number of aromatic nitrogens is 2. The van der Waals surface area contributed by atoms with E-state index < -0.39 is 19.0 Å². The number of hydrogen-bond donors (Lipinski definition) is 0. The molecule has 0 radical (unpaired) electrons. The van der Waals surface area contributed by atoms with Crippen LogP contribution in [0.3, 0.4) is 0 Å². The topological polar surface area (TPSA) is 48.2 Å². The van der Waals surface area contributed by atoms with Crippen molar-refractivity contribution in [1.82, 2.24) is 10.2 Å². The first-order chi connectivity index (χ1) is 9.88. The second-order valence-corrected chi connectivity index (χ2v) is 4.38. The minimum Gasteiger partial charge on any atom is -0.421 e. The number of benzene rings is 1. The highest BCUT2D eigenvalue weighted by atomic mass is 19.3. The Kier molecular flexibility index (Phi) is 4.56. The highest BCUT2D eigenvalue weighted by Gasteiger charge is 2.40. The molecule has 0 amide bonds. The van der Waals surface area contributed by atoms with Crippen molar-refractivity contribution in [3.63, 3.8) is 0 Å². The van der Waals surface area contributed by atoms with Crippen LogP contribution in [0.1, 0.15) is 11.5 Å². The van der Waals surface area contributed by atoms with Crippen molar-refractivity contribution >= 4 is 0 Å². The second kappa shape index (κ2) is 6.21. The van der Waals surface area contributed by atoms with Crippen molar-refractivity contribution in [2.45, 2.75) is 25.9 Å². The summed E-state index contributed by atoms with van der Waals surface area (Å²) in [5.41, 5.74) is 1.13. The van der Waals surface area contributed by atoms with E-state index >= 15 is 0 Å². The lowest BCUT2D eigenvalue weighted by Crippen LogP contribution is -2.32. The third-order valence-corrected chi connectivity index (χ3v) is 2.58. The zero-order valence-corrected chi connectivity index (χ0v) is 11.0. The number of nitrogens with zero attached hydrogens (tertiary/aromatic N) is 2. The summed E-state index contributed by atoms with van der Waals surface area (Å²) in [5, 5.41) is 7.50. The molecule has 2 aromatic rings. The van der Waals surface area contributed by atoms with Gasteiger partial charge in [0, 0.05) is 12.5 Å². The van der Waals surface area contributed by atoms with Crippen LogP contribution in [0.4, 0.5) is 17.6 Å². The van der Waals surface area contributed by atoms with Gasteiger partial charge in [0.15, 0.2) is 0 Å². The maximum Gasteiger partial charge on any atom is 0.330 e. The van der Waals surface area contributed by atoms with Crippen LogP contribution in [0.25, 0.3) is 11.5 Å². The van der Waals surface area contributed by atoms with Crippen molar-refractivity contribution < 1.29 is 26.7 Å². The number of ether oxygens (including phenoxy) is 1. The fourth-order valence-electron chi connectivity index (χ4n) is 1.58. The van der Waals surface area contributed by atoms with Gasteiger partial charge in [0.1, 0.15) is 6.61 Å². The Morgan fingerprint density at radius 3 is 2.67 bits per heavy atom. The van der Waals surface area contributed by atoms with Crippen LogP contribution < -0.4 is 0 Å². The monoisotopic (exact) mass is 304 g/mol. The Morgan fingerprint density at radius 1 is 1.29 bits per heavy atom. The van der Waals surface area contributed by atoms with Gasteiger partial charge in [0.2, 0.25) is 11.8 Å². The van der Waals surface area contributed by atoms with Crippen LogP contribution in [-0.2, 0) is 11.3 Å². The molecule has 8 heteroatoms. The molecule has 0 N–H and O–H groups in total. The molecule has 1 aromatic carbocycles. The number of rotatable bonds is 6. The molecule has 0 spiro atoms. The molecule has 0 aliphatic carbocycles. The van der Waals surface area contributed by atoms with Gasteiger partial charge in [-0.05, 0) is 17.7 Å². The van der Waals surface area contributed by atoms with Gasteiger partial charge in [0.05, 0.1) is 6.61 Å². The molecule has 21 heavy (non-hydrogen) atoms. The Labute approximate surface area is 117 Å². The summed E-state index contributed by atoms with van der Waals surface area (Å²) in [6.07, 6.45) is -3.75. The summed E-state index contributed by atoms with van der Waals surface area (Å²) < 4.78 is 59.2. The average Bonchev–Trinajstić information content (AvgIpc) is 2.85. The average molecular weight is 304 g/mol. The van der Waals surface area contributed by atoms with E-state index in [0.717, 1.165) is 0 Å². The molecule has 1 aromatic heterocycles. The number of hydrogen-bond acceptors (Lipinski definition) is 4. The van der Waals surface area contributed by atoms with Crippen LogP contribution in [-0.4, -0.2) is 29.2 Å². The zero-order chi connectivity index (χ0) is 15.5. The third-order valence-electron chi connectivity index (χ3n) is 2.58. The lowest BCUT2D eigenvalue weighted by atomic mass is 10.1. The van der Waals surface area contributed by atoms with Crippen LogP contribution in [0.15, 0.2) is 28.7 Å². The summed E-state index contributed by atoms with van der Waals surface area (Å²) in [7, 11) is 0. The normalized spacial score (nSPS) is 12.1. The van der Waals surface area contributed by atoms with Crippen molar-refractivity contribution in [2.24, 2.45) is 0 Å². The lowest BCUT2D eigenvalue weighted by molar-refractivity contribution is -0.168. The van der Waals surface area contributed by atoms with Crippen LogP contribution in [0, 0.1) is 6.92 Å². The molecular formula is C13H12F4N2O2. The maximum absolute atomic E-state index is 12.7.